The van der Waals surface area contributed by atoms with E-state index in [1.54, 1.807) is 30.3 Å². The standard InChI is InChI=1S/C42H31NO18/c44-25-19(21-29(48)37(56)41(60)38(57)30(21)49)26(45)34(53)23(33(25)52)43(18-8-4-7-17(13-18)16-11-9-15(10-12-16)14-5-2-1-3-6-14)24-35(54)27(46)20(28(47)36(24)55)22-31(50)39(58)42(61)40(59)32(22)51/h1-13,44-61H. The molecule has 0 aromatic heterocycles. The molecule has 0 bridgehead atoms. The highest BCUT2D eigenvalue weighted by Crippen LogP contribution is 2.67. The van der Waals surface area contributed by atoms with Crippen molar-refractivity contribution in [3.8, 4) is 148 Å². The number of aromatic hydroxyl groups is 18. The Bertz CT molecular complexity index is 2700. The second kappa shape index (κ2) is 14.3. The number of anilines is 3. The van der Waals surface area contributed by atoms with Crippen molar-refractivity contribution in [2.24, 2.45) is 0 Å². The monoisotopic (exact) mass is 837 g/mol. The van der Waals surface area contributed by atoms with E-state index >= 15 is 0 Å². The minimum absolute atomic E-state index is 0.338. The Labute approximate surface area is 340 Å². The number of nitrogens with zero attached hydrogens (tertiary/aromatic N) is 1. The summed E-state index contributed by atoms with van der Waals surface area (Å²) in [6.07, 6.45) is 0. The van der Waals surface area contributed by atoms with Gasteiger partial charge in [-0.2, -0.15) is 0 Å². The van der Waals surface area contributed by atoms with Crippen molar-refractivity contribution >= 4 is 17.1 Å². The van der Waals surface area contributed by atoms with Crippen LogP contribution in [0.15, 0.2) is 78.9 Å². The number of rotatable bonds is 7. The van der Waals surface area contributed by atoms with Crippen molar-refractivity contribution in [2.75, 3.05) is 4.90 Å². The Hall–Kier alpha value is -9.26. The highest BCUT2D eigenvalue weighted by Gasteiger charge is 2.39. The summed E-state index contributed by atoms with van der Waals surface area (Å²) in [6.45, 7) is 0. The molecule has 0 fully saturated rings. The van der Waals surface area contributed by atoms with Gasteiger partial charge in [-0.15, -0.1) is 0 Å². The van der Waals surface area contributed by atoms with Crippen LogP contribution in [0.25, 0.3) is 44.5 Å². The third-order valence-corrected chi connectivity index (χ3v) is 9.86. The van der Waals surface area contributed by atoms with E-state index in [9.17, 15) is 91.9 Å². The minimum atomic E-state index is -1.56. The first-order valence-corrected chi connectivity index (χ1v) is 17.2. The van der Waals surface area contributed by atoms with Gasteiger partial charge in [-0.05, 0) is 34.4 Å². The highest BCUT2D eigenvalue weighted by molar-refractivity contribution is 6.03. The van der Waals surface area contributed by atoms with Gasteiger partial charge in [0.2, 0.25) is 34.5 Å². The van der Waals surface area contributed by atoms with Crippen molar-refractivity contribution in [1.29, 1.82) is 0 Å². The Morgan fingerprint density at radius 1 is 0.230 bits per heavy atom. The molecule has 7 rings (SSSR count). The second-order valence-electron chi connectivity index (χ2n) is 13.3. The zero-order chi connectivity index (χ0) is 44.5. The molecule has 0 spiro atoms. The summed E-state index contributed by atoms with van der Waals surface area (Å²) in [6, 6.07) is 21.7. The van der Waals surface area contributed by atoms with Gasteiger partial charge in [-0.1, -0.05) is 66.7 Å². The molecule has 7 aromatic carbocycles. The van der Waals surface area contributed by atoms with Gasteiger partial charge in [0.15, 0.2) is 69.0 Å². The SMILES string of the molecule is Oc1c(O)c(O)c(-c2c(O)c(O)c(N(c3cccc(-c4ccc(-c5ccccc5)cc4)c3)c3c(O)c(O)c(-c4c(O)c(O)c(O)c(O)c4O)c(O)c3O)c(O)c2O)c(O)c1O. The molecule has 0 atom stereocenters. The van der Waals surface area contributed by atoms with Crippen LogP contribution in [0.1, 0.15) is 0 Å². The lowest BCUT2D eigenvalue weighted by Gasteiger charge is -2.30. The van der Waals surface area contributed by atoms with Crippen LogP contribution >= 0.6 is 0 Å². The van der Waals surface area contributed by atoms with E-state index in [1.807, 2.05) is 30.3 Å². The van der Waals surface area contributed by atoms with Gasteiger partial charge >= 0.3 is 0 Å². The molecule has 0 heterocycles. The van der Waals surface area contributed by atoms with Gasteiger partial charge in [-0.25, -0.2) is 0 Å². The molecular formula is C42H31NO18. The summed E-state index contributed by atoms with van der Waals surface area (Å²) in [5.41, 5.74) is -5.25. The van der Waals surface area contributed by atoms with Crippen LogP contribution in [0.2, 0.25) is 0 Å². The zero-order valence-electron chi connectivity index (χ0n) is 30.5. The first kappa shape index (κ1) is 40.0. The number of phenolic OH excluding ortho intramolecular Hbond substituents is 18. The second-order valence-corrected chi connectivity index (χ2v) is 13.3. The quantitative estimate of drug-likeness (QED) is 0.0599. The molecule has 19 heteroatoms. The third-order valence-electron chi connectivity index (χ3n) is 9.86. The largest absolute Gasteiger partial charge is 0.504 e. The zero-order valence-corrected chi connectivity index (χ0v) is 30.5. The van der Waals surface area contributed by atoms with Crippen molar-refractivity contribution in [1.82, 2.24) is 0 Å². The molecule has 0 saturated carbocycles. The van der Waals surface area contributed by atoms with Gasteiger partial charge in [-0.3, -0.25) is 4.90 Å². The van der Waals surface area contributed by atoms with E-state index in [-0.39, 0.29) is 5.69 Å². The van der Waals surface area contributed by atoms with Gasteiger partial charge in [0.25, 0.3) is 0 Å². The van der Waals surface area contributed by atoms with Crippen molar-refractivity contribution in [3.63, 3.8) is 0 Å². The van der Waals surface area contributed by atoms with Crippen LogP contribution in [-0.2, 0) is 0 Å². The van der Waals surface area contributed by atoms with E-state index in [0.717, 1.165) is 11.1 Å². The summed E-state index contributed by atoms with van der Waals surface area (Å²) >= 11 is 0. The number of phenols is 18. The first-order chi connectivity index (χ1) is 28.8. The molecule has 61 heavy (non-hydrogen) atoms. The molecule has 0 aliphatic rings. The lowest BCUT2D eigenvalue weighted by atomic mass is 9.95. The molecule has 0 unspecified atom stereocenters. The van der Waals surface area contributed by atoms with E-state index in [2.05, 4.69) is 0 Å². The molecule has 312 valence electrons. The third kappa shape index (κ3) is 5.92. The van der Waals surface area contributed by atoms with Gasteiger partial charge in [0.1, 0.15) is 11.4 Å². The molecule has 0 amide bonds. The maximum Gasteiger partial charge on any atom is 0.208 e. The van der Waals surface area contributed by atoms with Gasteiger partial charge in [0.05, 0.1) is 22.3 Å². The molecule has 0 radical (unpaired) electrons. The molecule has 19 nitrogen and oxygen atoms in total. The summed E-state index contributed by atoms with van der Waals surface area (Å²) in [7, 11) is 0. The van der Waals surface area contributed by atoms with Crippen LogP contribution in [0.3, 0.4) is 0 Å². The maximum absolute atomic E-state index is 11.6. The average molecular weight is 838 g/mol. The maximum atomic E-state index is 11.6. The summed E-state index contributed by atoms with van der Waals surface area (Å²) in [5, 5.41) is 195. The predicted molar refractivity (Wildman–Crippen MR) is 213 cm³/mol. The lowest BCUT2D eigenvalue weighted by Crippen LogP contribution is -2.12. The summed E-state index contributed by atoms with van der Waals surface area (Å²) < 4.78 is 0. The fourth-order valence-electron chi connectivity index (χ4n) is 6.79. The van der Waals surface area contributed by atoms with Crippen molar-refractivity contribution in [3.05, 3.63) is 78.9 Å². The molecular weight excluding hydrogens is 806 g/mol. The van der Waals surface area contributed by atoms with Gasteiger partial charge < -0.3 is 91.9 Å². The Morgan fingerprint density at radius 2 is 0.492 bits per heavy atom. The topological polar surface area (TPSA) is 367 Å². The fourth-order valence-corrected chi connectivity index (χ4v) is 6.79. The molecule has 0 aliphatic carbocycles. The van der Waals surface area contributed by atoms with Crippen LogP contribution in [0, 0.1) is 0 Å². The lowest BCUT2D eigenvalue weighted by molar-refractivity contribution is 0.329. The minimum Gasteiger partial charge on any atom is -0.504 e. The fraction of sp³-hybridized carbons (Fsp3) is 0. The highest BCUT2D eigenvalue weighted by atomic mass is 16.4. The van der Waals surface area contributed by atoms with E-state index in [4.69, 9.17) is 0 Å². The smallest absolute Gasteiger partial charge is 0.208 e. The molecule has 7 aromatic rings. The predicted octanol–water partition coefficient (Wildman–Crippen LogP) is 6.53. The van der Waals surface area contributed by atoms with Crippen molar-refractivity contribution < 1.29 is 91.9 Å². The normalized spacial score (nSPS) is 11.1. The van der Waals surface area contributed by atoms with E-state index in [1.165, 1.54) is 18.2 Å². The summed E-state index contributed by atoms with van der Waals surface area (Å²) in [5.74, 6) is -27.3. The first-order valence-electron chi connectivity index (χ1n) is 17.2. The summed E-state index contributed by atoms with van der Waals surface area (Å²) in [4.78, 5) is 0.459. The molecule has 18 N–H and O–H groups in total. The Balaban J connectivity index is 1.53. The molecule has 0 saturated heterocycles. The number of benzene rings is 7. The van der Waals surface area contributed by atoms with Crippen LogP contribution in [-0.4, -0.2) is 91.9 Å². The van der Waals surface area contributed by atoms with Crippen molar-refractivity contribution in [2.45, 2.75) is 0 Å². The Morgan fingerprint density at radius 3 is 0.836 bits per heavy atom. The molecule has 0 aliphatic heterocycles. The van der Waals surface area contributed by atoms with Crippen LogP contribution in [0.5, 0.6) is 103 Å². The van der Waals surface area contributed by atoms with E-state index < -0.39 is 137 Å². The number of hydrogen-bond acceptors (Lipinski definition) is 19. The van der Waals surface area contributed by atoms with Crippen LogP contribution < -0.4 is 4.90 Å². The van der Waals surface area contributed by atoms with Gasteiger partial charge in [0, 0.05) is 5.69 Å². The Kier molecular flexibility index (Phi) is 9.36. The van der Waals surface area contributed by atoms with Crippen LogP contribution in [0.4, 0.5) is 17.1 Å². The average Bonchev–Trinajstić information content (AvgIpc) is 3.27. The number of hydrogen-bond donors (Lipinski definition) is 18. The van der Waals surface area contributed by atoms with E-state index in [0.29, 0.717) is 16.0 Å².